The lowest BCUT2D eigenvalue weighted by molar-refractivity contribution is -0.111. The SMILES string of the molecule is NC(N)=NCCC1CCN(CNCC(=O)S(=O)(=O)c2ccc3c(c2)Cc2ccccc2C3)CC1. The van der Waals surface area contributed by atoms with Crippen LogP contribution >= 0.6 is 0 Å². The van der Waals surface area contributed by atoms with Crippen LogP contribution < -0.4 is 16.8 Å². The van der Waals surface area contributed by atoms with Crippen LogP contribution in [0.4, 0.5) is 0 Å². The molecule has 9 heteroatoms. The Balaban J connectivity index is 1.27. The highest BCUT2D eigenvalue weighted by molar-refractivity contribution is 8.06. The van der Waals surface area contributed by atoms with Gasteiger partial charge >= 0.3 is 0 Å². The Morgan fingerprint density at radius 2 is 1.65 bits per heavy atom. The van der Waals surface area contributed by atoms with Gasteiger partial charge in [0, 0.05) is 13.2 Å². The Kier molecular flexibility index (Phi) is 7.65. The van der Waals surface area contributed by atoms with Crippen LogP contribution in [0, 0.1) is 5.92 Å². The van der Waals surface area contributed by atoms with E-state index in [1.807, 2.05) is 18.2 Å². The Bertz CT molecular complexity index is 1170. The molecule has 1 aliphatic carbocycles. The number of carbonyl (C=O) groups excluding carboxylic acids is 1. The van der Waals surface area contributed by atoms with Crippen molar-refractivity contribution >= 4 is 20.9 Å². The van der Waals surface area contributed by atoms with Crippen molar-refractivity contribution in [2.75, 3.05) is 32.8 Å². The lowest BCUT2D eigenvalue weighted by Crippen LogP contribution is -2.42. The zero-order valence-electron chi connectivity index (χ0n) is 19.4. The summed E-state index contributed by atoms with van der Waals surface area (Å²) in [5.41, 5.74) is 15.3. The maximum atomic E-state index is 12.9. The van der Waals surface area contributed by atoms with Crippen molar-refractivity contribution in [3.63, 3.8) is 0 Å². The fourth-order valence-corrected chi connectivity index (χ4v) is 5.87. The zero-order valence-corrected chi connectivity index (χ0v) is 20.2. The number of likely N-dealkylation sites (tertiary alicyclic amines) is 1. The summed E-state index contributed by atoms with van der Waals surface area (Å²) in [5.74, 6) is 0.708. The second kappa shape index (κ2) is 10.7. The normalized spacial score (nSPS) is 16.5. The standard InChI is InChI=1S/C25H33N5O3S/c26-25(27)29-10-7-18-8-11-30(12-9-18)17-28-16-24(31)34(32,33)23-6-5-21-13-19-3-1-2-4-20(19)14-22(21)15-23/h1-6,15,18,28H,7-14,16-17H2,(H4,26,27,29). The molecule has 1 aliphatic heterocycles. The Morgan fingerprint density at radius 1 is 1.00 bits per heavy atom. The molecule has 0 bridgehead atoms. The number of rotatable bonds is 8. The van der Waals surface area contributed by atoms with Gasteiger partial charge in [0.15, 0.2) is 5.96 Å². The highest BCUT2D eigenvalue weighted by Crippen LogP contribution is 2.29. The lowest BCUT2D eigenvalue weighted by atomic mass is 9.86. The van der Waals surface area contributed by atoms with E-state index in [-0.39, 0.29) is 17.4 Å². The zero-order chi connectivity index (χ0) is 24.1. The van der Waals surface area contributed by atoms with Crippen molar-refractivity contribution in [3.8, 4) is 0 Å². The van der Waals surface area contributed by atoms with E-state index in [1.54, 1.807) is 12.1 Å². The predicted octanol–water partition coefficient (Wildman–Crippen LogP) is 1.40. The molecule has 34 heavy (non-hydrogen) atoms. The molecule has 0 atom stereocenters. The van der Waals surface area contributed by atoms with Gasteiger partial charge in [0.1, 0.15) is 0 Å². The first-order valence-corrected chi connectivity index (χ1v) is 13.3. The van der Waals surface area contributed by atoms with Gasteiger partial charge in [-0.3, -0.25) is 20.0 Å². The van der Waals surface area contributed by atoms with Crippen LogP contribution in [0.25, 0.3) is 0 Å². The van der Waals surface area contributed by atoms with Gasteiger partial charge < -0.3 is 11.5 Å². The first-order valence-electron chi connectivity index (χ1n) is 11.8. The highest BCUT2D eigenvalue weighted by atomic mass is 32.2. The van der Waals surface area contributed by atoms with Gasteiger partial charge in [-0.05, 0) is 85.5 Å². The van der Waals surface area contributed by atoms with Crippen LogP contribution in [0.15, 0.2) is 52.4 Å². The first-order chi connectivity index (χ1) is 16.3. The maximum Gasteiger partial charge on any atom is 0.264 e. The topological polar surface area (TPSA) is 131 Å². The number of nitrogens with one attached hydrogen (secondary N) is 1. The summed E-state index contributed by atoms with van der Waals surface area (Å²) >= 11 is 0. The molecule has 1 saturated heterocycles. The van der Waals surface area contributed by atoms with Gasteiger partial charge in [-0.25, -0.2) is 8.42 Å². The van der Waals surface area contributed by atoms with E-state index < -0.39 is 15.0 Å². The van der Waals surface area contributed by atoms with Crippen LogP contribution in [0.2, 0.25) is 0 Å². The maximum absolute atomic E-state index is 12.9. The third-order valence-corrected chi connectivity index (χ3v) is 8.43. The van der Waals surface area contributed by atoms with Crippen LogP contribution in [0.3, 0.4) is 0 Å². The van der Waals surface area contributed by atoms with Crippen molar-refractivity contribution in [1.82, 2.24) is 10.2 Å². The first kappa shape index (κ1) is 24.4. The van der Waals surface area contributed by atoms with Gasteiger partial charge in [-0.15, -0.1) is 0 Å². The lowest BCUT2D eigenvalue weighted by Gasteiger charge is -2.31. The van der Waals surface area contributed by atoms with Crippen LogP contribution in [0.5, 0.6) is 0 Å². The third-order valence-electron chi connectivity index (χ3n) is 6.81. The predicted molar refractivity (Wildman–Crippen MR) is 133 cm³/mol. The molecule has 0 unspecified atom stereocenters. The number of fused-ring (bicyclic) bond motifs is 2. The number of nitrogens with zero attached hydrogens (tertiary/aromatic N) is 2. The van der Waals surface area contributed by atoms with Gasteiger partial charge in [-0.1, -0.05) is 30.3 Å². The largest absolute Gasteiger partial charge is 0.370 e. The van der Waals surface area contributed by atoms with Gasteiger partial charge in [0.05, 0.1) is 11.4 Å². The molecule has 2 aromatic rings. The number of hydrogen-bond acceptors (Lipinski definition) is 6. The second-order valence-electron chi connectivity index (χ2n) is 9.17. The summed E-state index contributed by atoms with van der Waals surface area (Å²) in [5, 5.41) is 2.23. The number of aliphatic imine (C=N–C) groups is 1. The van der Waals surface area contributed by atoms with Crippen LogP contribution in [-0.4, -0.2) is 57.2 Å². The van der Waals surface area contributed by atoms with Gasteiger partial charge in [0.2, 0.25) is 9.84 Å². The number of sulfone groups is 1. The molecule has 0 aromatic heterocycles. The summed E-state index contributed by atoms with van der Waals surface area (Å²) in [6.45, 7) is 2.72. The van der Waals surface area contributed by atoms with E-state index >= 15 is 0 Å². The molecular weight excluding hydrogens is 450 g/mol. The summed E-state index contributed by atoms with van der Waals surface area (Å²) in [4.78, 5) is 18.9. The molecule has 0 saturated carbocycles. The smallest absolute Gasteiger partial charge is 0.264 e. The molecule has 182 valence electrons. The summed E-state index contributed by atoms with van der Waals surface area (Å²) in [6, 6.07) is 13.3. The van der Waals surface area contributed by atoms with Crippen molar-refractivity contribution in [3.05, 3.63) is 64.7 Å². The summed E-state index contributed by atoms with van der Waals surface area (Å²) < 4.78 is 25.8. The number of nitrogens with two attached hydrogens (primary N) is 2. The fourth-order valence-electron chi connectivity index (χ4n) is 4.77. The van der Waals surface area contributed by atoms with E-state index in [4.69, 9.17) is 11.5 Å². The molecule has 0 radical (unpaired) electrons. The molecule has 1 heterocycles. The molecule has 5 N–H and O–H groups in total. The molecule has 2 aromatic carbocycles. The molecule has 1 fully saturated rings. The molecule has 2 aliphatic rings. The second-order valence-corrected chi connectivity index (χ2v) is 11.1. The Hall–Kier alpha value is -2.75. The monoisotopic (exact) mass is 483 g/mol. The molecule has 0 spiro atoms. The Labute approximate surface area is 201 Å². The molecular formula is C25H33N5O3S. The van der Waals surface area contributed by atoms with Crippen LogP contribution in [0.1, 0.15) is 41.5 Å². The molecule has 8 nitrogen and oxygen atoms in total. The number of hydrogen-bond donors (Lipinski definition) is 3. The van der Waals surface area contributed by atoms with E-state index in [0.717, 1.165) is 49.9 Å². The fraction of sp³-hybridized carbons (Fsp3) is 0.440. The summed E-state index contributed by atoms with van der Waals surface area (Å²) in [7, 11) is -4.03. The minimum atomic E-state index is -4.03. The summed E-state index contributed by atoms with van der Waals surface area (Å²) in [6.07, 6.45) is 4.50. The van der Waals surface area contributed by atoms with Crippen molar-refractivity contribution in [1.29, 1.82) is 0 Å². The minimum Gasteiger partial charge on any atom is -0.370 e. The van der Waals surface area contributed by atoms with E-state index in [0.29, 0.717) is 25.6 Å². The third kappa shape index (κ3) is 5.84. The van der Waals surface area contributed by atoms with E-state index in [2.05, 4.69) is 27.3 Å². The highest BCUT2D eigenvalue weighted by Gasteiger charge is 2.27. The van der Waals surface area contributed by atoms with E-state index in [1.165, 1.54) is 11.1 Å². The number of guanidine groups is 1. The van der Waals surface area contributed by atoms with Crippen molar-refractivity contribution in [2.45, 2.75) is 37.0 Å². The average Bonchev–Trinajstić information content (AvgIpc) is 2.83. The van der Waals surface area contributed by atoms with Crippen molar-refractivity contribution in [2.24, 2.45) is 22.4 Å². The molecule has 0 amide bonds. The number of piperidine rings is 1. The van der Waals surface area contributed by atoms with Gasteiger partial charge in [0.25, 0.3) is 5.12 Å². The molecule has 4 rings (SSSR count). The van der Waals surface area contributed by atoms with Crippen molar-refractivity contribution < 1.29 is 13.2 Å². The quantitative estimate of drug-likeness (QED) is 0.326. The van der Waals surface area contributed by atoms with Crippen LogP contribution in [-0.2, 0) is 27.5 Å². The number of carbonyl (C=O) groups is 1. The number of benzene rings is 2. The van der Waals surface area contributed by atoms with Gasteiger partial charge in [-0.2, -0.15) is 0 Å². The minimum absolute atomic E-state index is 0.0824. The Morgan fingerprint density at radius 3 is 2.32 bits per heavy atom. The van der Waals surface area contributed by atoms with E-state index in [9.17, 15) is 13.2 Å². The average molecular weight is 484 g/mol.